The molecular weight excluding hydrogens is 414 g/mol. The summed E-state index contributed by atoms with van der Waals surface area (Å²) in [7, 11) is 0. The van der Waals surface area contributed by atoms with Gasteiger partial charge in [0, 0.05) is 10.6 Å². The Morgan fingerprint density at radius 2 is 1.86 bits per heavy atom. The zero-order valence-corrected chi connectivity index (χ0v) is 17.1. The predicted molar refractivity (Wildman–Crippen MR) is 109 cm³/mol. The number of thioether (sulfide) groups is 1. The summed E-state index contributed by atoms with van der Waals surface area (Å²) in [5, 5.41) is 11.4. The van der Waals surface area contributed by atoms with Crippen LogP contribution in [0, 0.1) is 0 Å². The van der Waals surface area contributed by atoms with Gasteiger partial charge in [-0.1, -0.05) is 53.7 Å². The van der Waals surface area contributed by atoms with Gasteiger partial charge in [-0.25, -0.2) is 0 Å². The molecule has 1 atom stereocenters. The quantitative estimate of drug-likeness (QED) is 0.427. The minimum Gasteiger partial charge on any atom is -0.455 e. The van der Waals surface area contributed by atoms with E-state index in [2.05, 4.69) is 15.5 Å². The standard InChI is InChI=1S/C20H18ClN3O4S/c1-13(14-5-3-2-4-6-14)22-17(25)11-27-18(26)12-29-20-24-23-19(28-20)15-7-9-16(21)10-8-15/h2-10,13H,11-12H2,1H3,(H,22,25). The fraction of sp³-hybridized carbons (Fsp3) is 0.200. The Bertz CT molecular complexity index is 963. The van der Waals surface area contributed by atoms with Crippen molar-refractivity contribution in [2.45, 2.75) is 18.2 Å². The second-order valence-electron chi connectivity index (χ2n) is 6.03. The maximum absolute atomic E-state index is 11.9. The molecule has 150 valence electrons. The van der Waals surface area contributed by atoms with E-state index in [-0.39, 0.29) is 29.5 Å². The lowest BCUT2D eigenvalue weighted by Gasteiger charge is -2.14. The first-order chi connectivity index (χ1) is 14.0. The number of ether oxygens (including phenoxy) is 1. The highest BCUT2D eigenvalue weighted by molar-refractivity contribution is 7.99. The van der Waals surface area contributed by atoms with E-state index < -0.39 is 5.97 Å². The van der Waals surface area contributed by atoms with Crippen LogP contribution in [0.15, 0.2) is 64.2 Å². The van der Waals surface area contributed by atoms with E-state index in [1.54, 1.807) is 24.3 Å². The van der Waals surface area contributed by atoms with Crippen LogP contribution in [0.3, 0.4) is 0 Å². The van der Waals surface area contributed by atoms with Crippen LogP contribution < -0.4 is 5.32 Å². The summed E-state index contributed by atoms with van der Waals surface area (Å²) in [6, 6.07) is 16.3. The van der Waals surface area contributed by atoms with Gasteiger partial charge < -0.3 is 14.5 Å². The number of halogens is 1. The van der Waals surface area contributed by atoms with Crippen LogP contribution in [0.25, 0.3) is 11.5 Å². The zero-order chi connectivity index (χ0) is 20.6. The predicted octanol–water partition coefficient (Wildman–Crippen LogP) is 3.90. The number of hydrogen-bond donors (Lipinski definition) is 1. The topological polar surface area (TPSA) is 94.3 Å². The van der Waals surface area contributed by atoms with E-state index >= 15 is 0 Å². The third-order valence-electron chi connectivity index (χ3n) is 3.85. The average Bonchev–Trinajstić information content (AvgIpc) is 3.21. The molecule has 1 heterocycles. The van der Waals surface area contributed by atoms with Gasteiger partial charge in [0.1, 0.15) is 5.75 Å². The fourth-order valence-electron chi connectivity index (χ4n) is 2.39. The zero-order valence-electron chi connectivity index (χ0n) is 15.5. The maximum Gasteiger partial charge on any atom is 0.316 e. The van der Waals surface area contributed by atoms with Crippen LogP contribution in [-0.2, 0) is 14.3 Å². The number of hydrogen-bond acceptors (Lipinski definition) is 7. The third-order valence-corrected chi connectivity index (χ3v) is 4.90. The first-order valence-corrected chi connectivity index (χ1v) is 10.1. The van der Waals surface area contributed by atoms with Gasteiger partial charge in [-0.15, -0.1) is 10.2 Å². The summed E-state index contributed by atoms with van der Waals surface area (Å²) in [5.74, 6) is -0.651. The van der Waals surface area contributed by atoms with Crippen LogP contribution in [0.5, 0.6) is 0 Å². The summed E-state index contributed by atoms with van der Waals surface area (Å²) < 4.78 is 10.5. The molecule has 0 saturated carbocycles. The molecule has 0 aliphatic carbocycles. The summed E-state index contributed by atoms with van der Waals surface area (Å²) in [4.78, 5) is 23.8. The van der Waals surface area contributed by atoms with Crippen LogP contribution in [0.1, 0.15) is 18.5 Å². The van der Waals surface area contributed by atoms with Gasteiger partial charge in [0.15, 0.2) is 6.61 Å². The molecule has 1 N–H and O–H groups in total. The van der Waals surface area contributed by atoms with Crippen molar-refractivity contribution in [2.24, 2.45) is 0 Å². The lowest BCUT2D eigenvalue weighted by Crippen LogP contribution is -2.31. The van der Waals surface area contributed by atoms with Gasteiger partial charge in [-0.2, -0.15) is 0 Å². The van der Waals surface area contributed by atoms with E-state index in [0.29, 0.717) is 10.9 Å². The van der Waals surface area contributed by atoms with E-state index in [9.17, 15) is 9.59 Å². The van der Waals surface area contributed by atoms with Crippen LogP contribution in [0.2, 0.25) is 5.02 Å². The number of aromatic nitrogens is 2. The number of rotatable bonds is 8. The highest BCUT2D eigenvalue weighted by atomic mass is 35.5. The monoisotopic (exact) mass is 431 g/mol. The second-order valence-corrected chi connectivity index (χ2v) is 7.39. The molecule has 0 radical (unpaired) electrons. The van der Waals surface area contributed by atoms with Crippen molar-refractivity contribution in [3.05, 3.63) is 65.2 Å². The van der Waals surface area contributed by atoms with Gasteiger partial charge >= 0.3 is 5.97 Å². The molecule has 1 amide bonds. The van der Waals surface area contributed by atoms with Gasteiger partial charge in [-0.05, 0) is 36.8 Å². The van der Waals surface area contributed by atoms with Crippen molar-refractivity contribution in [1.82, 2.24) is 15.5 Å². The van der Waals surface area contributed by atoms with Crippen LogP contribution in [0.4, 0.5) is 0 Å². The molecule has 7 nitrogen and oxygen atoms in total. The second kappa shape index (κ2) is 10.1. The molecule has 9 heteroatoms. The Balaban J connectivity index is 1.41. The lowest BCUT2D eigenvalue weighted by molar-refractivity contribution is -0.146. The molecule has 0 spiro atoms. The van der Waals surface area contributed by atoms with Crippen molar-refractivity contribution in [2.75, 3.05) is 12.4 Å². The Hall–Kier alpha value is -2.84. The fourth-order valence-corrected chi connectivity index (χ4v) is 3.08. The van der Waals surface area contributed by atoms with Crippen molar-refractivity contribution >= 4 is 35.2 Å². The molecule has 2 aromatic carbocycles. The molecule has 1 aromatic heterocycles. The highest BCUT2D eigenvalue weighted by Gasteiger charge is 2.14. The van der Waals surface area contributed by atoms with Gasteiger partial charge in [0.2, 0.25) is 5.89 Å². The van der Waals surface area contributed by atoms with Crippen molar-refractivity contribution in [3.8, 4) is 11.5 Å². The van der Waals surface area contributed by atoms with Crippen molar-refractivity contribution in [3.63, 3.8) is 0 Å². The minimum atomic E-state index is -0.552. The van der Waals surface area contributed by atoms with Crippen LogP contribution in [-0.4, -0.2) is 34.4 Å². The molecule has 3 rings (SSSR count). The molecule has 3 aromatic rings. The molecule has 0 aliphatic rings. The summed E-state index contributed by atoms with van der Waals surface area (Å²) in [6.07, 6.45) is 0. The van der Waals surface area contributed by atoms with Gasteiger partial charge in [-0.3, -0.25) is 9.59 Å². The Morgan fingerprint density at radius 1 is 1.14 bits per heavy atom. The lowest BCUT2D eigenvalue weighted by atomic mass is 10.1. The first kappa shape index (κ1) is 20.9. The number of nitrogens with one attached hydrogen (secondary N) is 1. The molecule has 0 saturated heterocycles. The van der Waals surface area contributed by atoms with E-state index in [0.717, 1.165) is 22.9 Å². The van der Waals surface area contributed by atoms with E-state index in [1.807, 2.05) is 37.3 Å². The van der Waals surface area contributed by atoms with Crippen molar-refractivity contribution < 1.29 is 18.7 Å². The third kappa shape index (κ3) is 6.33. The summed E-state index contributed by atoms with van der Waals surface area (Å²) in [5.41, 5.74) is 1.69. The van der Waals surface area contributed by atoms with E-state index in [4.69, 9.17) is 20.8 Å². The van der Waals surface area contributed by atoms with Gasteiger partial charge in [0.05, 0.1) is 6.04 Å². The van der Waals surface area contributed by atoms with Crippen molar-refractivity contribution in [1.29, 1.82) is 0 Å². The Morgan fingerprint density at radius 3 is 2.59 bits per heavy atom. The number of carbonyl (C=O) groups excluding carboxylic acids is 2. The number of carbonyl (C=O) groups is 2. The maximum atomic E-state index is 11.9. The number of esters is 1. The molecular formula is C20H18ClN3O4S. The normalized spacial score (nSPS) is 11.7. The SMILES string of the molecule is CC(NC(=O)COC(=O)CSc1nnc(-c2ccc(Cl)cc2)o1)c1ccccc1. The molecule has 0 fully saturated rings. The molecule has 1 unspecified atom stereocenters. The summed E-state index contributed by atoms with van der Waals surface area (Å²) in [6.45, 7) is 1.51. The molecule has 0 aliphatic heterocycles. The number of nitrogens with zero attached hydrogens (tertiary/aromatic N) is 2. The van der Waals surface area contributed by atoms with Gasteiger partial charge in [0.25, 0.3) is 11.1 Å². The first-order valence-electron chi connectivity index (χ1n) is 8.73. The smallest absolute Gasteiger partial charge is 0.316 e. The summed E-state index contributed by atoms with van der Waals surface area (Å²) >= 11 is 6.89. The number of amides is 1. The number of benzene rings is 2. The molecule has 0 bridgehead atoms. The highest BCUT2D eigenvalue weighted by Crippen LogP contribution is 2.24. The largest absolute Gasteiger partial charge is 0.455 e. The Labute approximate surface area is 176 Å². The average molecular weight is 432 g/mol. The Kier molecular flexibility index (Phi) is 7.26. The minimum absolute atomic E-state index is 0.0518. The molecule has 29 heavy (non-hydrogen) atoms. The van der Waals surface area contributed by atoms with Crippen LogP contribution >= 0.6 is 23.4 Å². The van der Waals surface area contributed by atoms with E-state index in [1.165, 1.54) is 0 Å².